The normalized spacial score (nSPS) is 19.7. The summed E-state index contributed by atoms with van der Waals surface area (Å²) in [6, 6.07) is 7.94. The zero-order valence-electron chi connectivity index (χ0n) is 14.4. The molecule has 1 aliphatic carbocycles. The number of rotatable bonds is 7. The lowest BCUT2D eigenvalue weighted by Gasteiger charge is -2.14. The van der Waals surface area contributed by atoms with Gasteiger partial charge in [-0.1, -0.05) is 23.4 Å². The third kappa shape index (κ3) is 4.39. The van der Waals surface area contributed by atoms with Crippen LogP contribution in [-0.4, -0.2) is 45.2 Å². The highest BCUT2D eigenvalue weighted by atomic mass is 35.5. The van der Waals surface area contributed by atoms with E-state index in [1.807, 2.05) is 24.3 Å². The topological polar surface area (TPSA) is 69.0 Å². The van der Waals surface area contributed by atoms with Crippen LogP contribution in [0.25, 0.3) is 11.4 Å². The molecule has 2 heterocycles. The molecule has 1 saturated heterocycles. The number of carbonyl (C=O) groups excluding carboxylic acids is 1. The number of amides is 1. The van der Waals surface area contributed by atoms with Gasteiger partial charge in [0.15, 0.2) is 11.0 Å². The van der Waals surface area contributed by atoms with Crippen LogP contribution in [0.1, 0.15) is 25.7 Å². The van der Waals surface area contributed by atoms with Gasteiger partial charge in [-0.2, -0.15) is 0 Å². The summed E-state index contributed by atoms with van der Waals surface area (Å²) in [6.07, 6.45) is 4.45. The number of ether oxygens (including phenoxy) is 1. The van der Waals surface area contributed by atoms with Crippen molar-refractivity contribution in [2.75, 3.05) is 12.4 Å². The van der Waals surface area contributed by atoms with Crippen LogP contribution in [-0.2, 0) is 16.1 Å². The fourth-order valence-corrected chi connectivity index (χ4v) is 3.88. The molecule has 1 atom stereocenters. The van der Waals surface area contributed by atoms with E-state index in [0.29, 0.717) is 23.4 Å². The van der Waals surface area contributed by atoms with Gasteiger partial charge >= 0.3 is 0 Å². The molecule has 0 bridgehead atoms. The number of hydrogen-bond donors (Lipinski definition) is 1. The van der Waals surface area contributed by atoms with Crippen LogP contribution >= 0.6 is 23.4 Å². The lowest BCUT2D eigenvalue weighted by molar-refractivity contribution is -0.118. The van der Waals surface area contributed by atoms with Gasteiger partial charge in [-0.05, 0) is 49.9 Å². The summed E-state index contributed by atoms with van der Waals surface area (Å²) in [4.78, 5) is 12.0. The number of benzene rings is 1. The van der Waals surface area contributed by atoms with E-state index in [0.717, 1.165) is 48.8 Å². The number of carbonyl (C=O) groups is 1. The maximum atomic E-state index is 12.0. The first-order chi connectivity index (χ1) is 12.7. The van der Waals surface area contributed by atoms with Gasteiger partial charge in [-0.25, -0.2) is 0 Å². The standard InChI is InChI=1S/C18H21ClN4O2S/c19-13-5-3-12(4-6-13)17-21-22-18(23(17)10-15-2-1-9-25-15)26-11-16(24)20-14-7-8-14/h3-6,14-15H,1-2,7-11H2,(H,20,24)/t15-/m0/s1. The first-order valence-electron chi connectivity index (χ1n) is 8.92. The molecule has 4 rings (SSSR count). The Bertz CT molecular complexity index is 770. The Morgan fingerprint density at radius 3 is 2.77 bits per heavy atom. The van der Waals surface area contributed by atoms with Gasteiger partial charge in [0.2, 0.25) is 5.91 Å². The van der Waals surface area contributed by atoms with Gasteiger partial charge in [0.05, 0.1) is 18.4 Å². The van der Waals surface area contributed by atoms with Gasteiger partial charge in [0, 0.05) is 23.2 Å². The van der Waals surface area contributed by atoms with Crippen molar-refractivity contribution >= 4 is 29.3 Å². The molecule has 26 heavy (non-hydrogen) atoms. The largest absolute Gasteiger partial charge is 0.376 e. The molecule has 8 heteroatoms. The van der Waals surface area contributed by atoms with Crippen LogP contribution in [0, 0.1) is 0 Å². The van der Waals surface area contributed by atoms with E-state index in [9.17, 15) is 4.79 Å². The van der Waals surface area contributed by atoms with E-state index in [1.54, 1.807) is 0 Å². The van der Waals surface area contributed by atoms with Gasteiger partial charge in [0.25, 0.3) is 0 Å². The Kier molecular flexibility index (Phi) is 5.47. The highest BCUT2D eigenvalue weighted by Crippen LogP contribution is 2.27. The van der Waals surface area contributed by atoms with Crippen molar-refractivity contribution in [1.29, 1.82) is 0 Å². The third-order valence-corrected chi connectivity index (χ3v) is 5.72. The molecular weight excluding hydrogens is 372 g/mol. The summed E-state index contributed by atoms with van der Waals surface area (Å²) in [6.45, 7) is 1.49. The maximum absolute atomic E-state index is 12.0. The molecular formula is C18H21ClN4O2S. The highest BCUT2D eigenvalue weighted by molar-refractivity contribution is 7.99. The molecule has 1 aromatic heterocycles. The number of aromatic nitrogens is 3. The second-order valence-corrected chi connectivity index (χ2v) is 8.07. The number of hydrogen-bond acceptors (Lipinski definition) is 5. The van der Waals surface area contributed by atoms with Crippen molar-refractivity contribution in [3.8, 4) is 11.4 Å². The monoisotopic (exact) mass is 392 g/mol. The molecule has 1 amide bonds. The molecule has 6 nitrogen and oxygen atoms in total. The Morgan fingerprint density at radius 2 is 2.08 bits per heavy atom. The van der Waals surface area contributed by atoms with Crippen LogP contribution in [0.2, 0.25) is 5.02 Å². The van der Waals surface area contributed by atoms with Crippen molar-refractivity contribution < 1.29 is 9.53 Å². The lowest BCUT2D eigenvalue weighted by atomic mass is 10.2. The highest BCUT2D eigenvalue weighted by Gasteiger charge is 2.25. The molecule has 138 valence electrons. The lowest BCUT2D eigenvalue weighted by Crippen LogP contribution is -2.27. The second-order valence-electron chi connectivity index (χ2n) is 6.69. The summed E-state index contributed by atoms with van der Waals surface area (Å²) >= 11 is 7.42. The average molecular weight is 393 g/mol. The SMILES string of the molecule is O=C(CSc1nnc(-c2ccc(Cl)cc2)n1C[C@@H]1CCCO1)NC1CC1. The third-order valence-electron chi connectivity index (χ3n) is 4.50. The van der Waals surface area contributed by atoms with Crippen molar-refractivity contribution in [3.05, 3.63) is 29.3 Å². The molecule has 1 saturated carbocycles. The van der Waals surface area contributed by atoms with Crippen molar-refractivity contribution in [2.24, 2.45) is 0 Å². The Labute approximate surface area is 161 Å². The fourth-order valence-electron chi connectivity index (χ4n) is 2.99. The quantitative estimate of drug-likeness (QED) is 0.733. The summed E-state index contributed by atoms with van der Waals surface area (Å²) in [5.74, 6) is 1.18. The van der Waals surface area contributed by atoms with Crippen LogP contribution in [0.5, 0.6) is 0 Å². The molecule has 2 aromatic rings. The molecule has 1 aromatic carbocycles. The summed E-state index contributed by atoms with van der Waals surface area (Å²) in [7, 11) is 0. The molecule has 0 radical (unpaired) electrons. The molecule has 0 unspecified atom stereocenters. The molecule has 1 N–H and O–H groups in total. The summed E-state index contributed by atoms with van der Waals surface area (Å²) < 4.78 is 7.86. The van der Waals surface area contributed by atoms with Crippen LogP contribution in [0.15, 0.2) is 29.4 Å². The first kappa shape index (κ1) is 17.8. The van der Waals surface area contributed by atoms with Gasteiger partial charge in [-0.15, -0.1) is 10.2 Å². The van der Waals surface area contributed by atoms with E-state index >= 15 is 0 Å². The fraction of sp³-hybridized carbons (Fsp3) is 0.500. The Morgan fingerprint density at radius 1 is 1.27 bits per heavy atom. The van der Waals surface area contributed by atoms with Crippen molar-refractivity contribution in [3.63, 3.8) is 0 Å². The van der Waals surface area contributed by atoms with E-state index in [1.165, 1.54) is 11.8 Å². The van der Waals surface area contributed by atoms with Crippen LogP contribution in [0.4, 0.5) is 0 Å². The minimum atomic E-state index is 0.0530. The Balaban J connectivity index is 1.53. The molecule has 2 fully saturated rings. The Hall–Kier alpha value is -1.57. The minimum Gasteiger partial charge on any atom is -0.376 e. The first-order valence-corrected chi connectivity index (χ1v) is 10.3. The van der Waals surface area contributed by atoms with E-state index in [-0.39, 0.29) is 12.0 Å². The number of nitrogens with zero attached hydrogens (tertiary/aromatic N) is 3. The average Bonchev–Trinajstić information content (AvgIpc) is 3.14. The van der Waals surface area contributed by atoms with E-state index in [4.69, 9.17) is 16.3 Å². The zero-order valence-corrected chi connectivity index (χ0v) is 15.9. The predicted octanol–water partition coefficient (Wildman–Crippen LogP) is 3.15. The van der Waals surface area contributed by atoms with E-state index in [2.05, 4.69) is 20.1 Å². The number of nitrogens with one attached hydrogen (secondary N) is 1. The van der Waals surface area contributed by atoms with Gasteiger partial charge in [0.1, 0.15) is 0 Å². The van der Waals surface area contributed by atoms with Crippen LogP contribution in [0.3, 0.4) is 0 Å². The predicted molar refractivity (Wildman–Crippen MR) is 101 cm³/mol. The smallest absolute Gasteiger partial charge is 0.230 e. The van der Waals surface area contributed by atoms with Gasteiger partial charge in [-0.3, -0.25) is 9.36 Å². The second kappa shape index (κ2) is 7.98. The summed E-state index contributed by atoms with van der Waals surface area (Å²) in [5, 5.41) is 13.1. The molecule has 0 spiro atoms. The zero-order chi connectivity index (χ0) is 17.9. The van der Waals surface area contributed by atoms with Crippen molar-refractivity contribution in [1.82, 2.24) is 20.1 Å². The molecule has 1 aliphatic heterocycles. The molecule has 2 aliphatic rings. The van der Waals surface area contributed by atoms with Crippen LogP contribution < -0.4 is 5.32 Å². The minimum absolute atomic E-state index is 0.0530. The number of halogens is 1. The maximum Gasteiger partial charge on any atom is 0.230 e. The summed E-state index contributed by atoms with van der Waals surface area (Å²) in [5.41, 5.74) is 0.953. The number of thioether (sulfide) groups is 1. The van der Waals surface area contributed by atoms with Crippen molar-refractivity contribution in [2.45, 2.75) is 49.5 Å². The van der Waals surface area contributed by atoms with E-state index < -0.39 is 0 Å². The van der Waals surface area contributed by atoms with Gasteiger partial charge < -0.3 is 10.1 Å².